The number of aliphatic carboxylic acids is 1. The van der Waals surface area contributed by atoms with Gasteiger partial charge in [-0.25, -0.2) is 9.59 Å². The summed E-state index contributed by atoms with van der Waals surface area (Å²) in [6, 6.07) is -1.49. The molecule has 20 heavy (non-hydrogen) atoms. The van der Waals surface area contributed by atoms with E-state index >= 15 is 0 Å². The zero-order valence-electron chi connectivity index (χ0n) is 12.8. The fourth-order valence-corrected chi connectivity index (χ4v) is 1.56. The second kappa shape index (κ2) is 8.39. The van der Waals surface area contributed by atoms with Crippen molar-refractivity contribution in [1.29, 1.82) is 0 Å². The first-order valence-electron chi connectivity index (χ1n) is 6.69. The van der Waals surface area contributed by atoms with Gasteiger partial charge in [0.05, 0.1) is 0 Å². The smallest absolute Gasteiger partial charge is 0.326 e. The molecule has 2 N–H and O–H groups in total. The van der Waals surface area contributed by atoms with Crippen molar-refractivity contribution in [1.82, 2.24) is 15.1 Å². The summed E-state index contributed by atoms with van der Waals surface area (Å²) in [5.74, 6) is -1.52. The zero-order valence-corrected chi connectivity index (χ0v) is 12.8. The number of rotatable bonds is 7. The number of hydrogen-bond donors (Lipinski definition) is 2. The average molecular weight is 287 g/mol. The molecule has 0 aromatic carbocycles. The fraction of sp³-hybridized carbons (Fsp3) is 0.769. The van der Waals surface area contributed by atoms with E-state index in [-0.39, 0.29) is 18.4 Å². The first-order valence-corrected chi connectivity index (χ1v) is 6.69. The predicted octanol–water partition coefficient (Wildman–Crippen LogP) is 0.605. The average Bonchev–Trinajstić information content (AvgIpc) is 2.33. The quantitative estimate of drug-likeness (QED) is 0.717. The molecule has 0 aliphatic heterocycles. The molecular weight excluding hydrogens is 262 g/mol. The van der Waals surface area contributed by atoms with Gasteiger partial charge in [-0.1, -0.05) is 20.8 Å². The van der Waals surface area contributed by atoms with Crippen LogP contribution in [0.1, 0.15) is 27.2 Å². The van der Waals surface area contributed by atoms with Crippen molar-refractivity contribution in [3.05, 3.63) is 0 Å². The minimum atomic E-state index is -1.08. The molecule has 1 unspecified atom stereocenters. The Labute approximate surface area is 119 Å². The third-order valence-corrected chi connectivity index (χ3v) is 2.82. The molecule has 1 atom stereocenters. The van der Waals surface area contributed by atoms with Gasteiger partial charge in [-0.05, 0) is 12.3 Å². The number of carbonyl (C=O) groups excluding carboxylic acids is 2. The van der Waals surface area contributed by atoms with Gasteiger partial charge >= 0.3 is 12.0 Å². The van der Waals surface area contributed by atoms with Gasteiger partial charge in [-0.15, -0.1) is 0 Å². The molecule has 0 aliphatic carbocycles. The van der Waals surface area contributed by atoms with Crippen LogP contribution >= 0.6 is 0 Å². The predicted molar refractivity (Wildman–Crippen MR) is 75.4 cm³/mol. The van der Waals surface area contributed by atoms with E-state index in [1.54, 1.807) is 27.9 Å². The summed E-state index contributed by atoms with van der Waals surface area (Å²) in [7, 11) is 3.22. The lowest BCUT2D eigenvalue weighted by atomic mass is 10.1. The molecule has 0 bridgehead atoms. The Morgan fingerprint density at radius 1 is 1.20 bits per heavy atom. The maximum Gasteiger partial charge on any atom is 0.326 e. The van der Waals surface area contributed by atoms with E-state index in [1.807, 2.05) is 6.92 Å². The molecular formula is C13H25N3O4. The first kappa shape index (κ1) is 18.2. The second-order valence-corrected chi connectivity index (χ2v) is 5.22. The number of nitrogens with zero attached hydrogens (tertiary/aromatic N) is 2. The van der Waals surface area contributed by atoms with Gasteiger partial charge in [0.2, 0.25) is 5.91 Å². The Balaban J connectivity index is 4.79. The summed E-state index contributed by atoms with van der Waals surface area (Å²) in [5.41, 5.74) is 0. The fourth-order valence-electron chi connectivity index (χ4n) is 1.56. The molecule has 116 valence electrons. The van der Waals surface area contributed by atoms with Crippen molar-refractivity contribution in [2.75, 3.05) is 27.2 Å². The van der Waals surface area contributed by atoms with Crippen molar-refractivity contribution < 1.29 is 19.5 Å². The maximum absolute atomic E-state index is 12.1. The number of amides is 3. The normalized spacial score (nSPS) is 11.9. The van der Waals surface area contributed by atoms with Crippen LogP contribution in [0.25, 0.3) is 0 Å². The number of urea groups is 1. The molecule has 0 heterocycles. The SMILES string of the molecule is CCCN(CC(=O)N(C)C)C(=O)NC(C(=O)O)C(C)C. The highest BCUT2D eigenvalue weighted by molar-refractivity contribution is 5.86. The summed E-state index contributed by atoms with van der Waals surface area (Å²) >= 11 is 0. The third kappa shape index (κ3) is 5.90. The van der Waals surface area contributed by atoms with Crippen LogP contribution in [0.2, 0.25) is 0 Å². The molecule has 0 radical (unpaired) electrons. The van der Waals surface area contributed by atoms with E-state index in [9.17, 15) is 14.4 Å². The molecule has 0 saturated carbocycles. The Kier molecular flexibility index (Phi) is 7.64. The van der Waals surface area contributed by atoms with Crippen LogP contribution in [0, 0.1) is 5.92 Å². The van der Waals surface area contributed by atoms with Crippen molar-refractivity contribution >= 4 is 17.9 Å². The van der Waals surface area contributed by atoms with Crippen LogP contribution in [0.4, 0.5) is 4.79 Å². The summed E-state index contributed by atoms with van der Waals surface area (Å²) in [6.45, 7) is 5.66. The standard InChI is InChI=1S/C13H25N3O4/c1-6-7-16(8-10(17)15(4)5)13(20)14-11(9(2)3)12(18)19/h9,11H,6-8H2,1-5H3,(H,14,20)(H,18,19). The number of hydrogen-bond acceptors (Lipinski definition) is 3. The highest BCUT2D eigenvalue weighted by atomic mass is 16.4. The van der Waals surface area contributed by atoms with Gasteiger partial charge in [-0.2, -0.15) is 0 Å². The van der Waals surface area contributed by atoms with E-state index in [1.165, 1.54) is 9.80 Å². The van der Waals surface area contributed by atoms with Crippen LogP contribution in [-0.4, -0.2) is 66.0 Å². The Bertz CT molecular complexity index is 356. The molecule has 7 nitrogen and oxygen atoms in total. The van der Waals surface area contributed by atoms with Crippen molar-refractivity contribution in [3.63, 3.8) is 0 Å². The van der Waals surface area contributed by atoms with Crippen LogP contribution < -0.4 is 5.32 Å². The molecule has 0 spiro atoms. The summed E-state index contributed by atoms with van der Waals surface area (Å²) in [4.78, 5) is 37.6. The topological polar surface area (TPSA) is 90.0 Å². The Morgan fingerprint density at radius 2 is 1.75 bits per heavy atom. The van der Waals surface area contributed by atoms with E-state index in [0.29, 0.717) is 13.0 Å². The van der Waals surface area contributed by atoms with Crippen LogP contribution in [0.5, 0.6) is 0 Å². The second-order valence-electron chi connectivity index (χ2n) is 5.22. The molecule has 0 fully saturated rings. The molecule has 7 heteroatoms. The monoisotopic (exact) mass is 287 g/mol. The van der Waals surface area contributed by atoms with E-state index in [0.717, 1.165) is 0 Å². The van der Waals surface area contributed by atoms with Crippen LogP contribution in [-0.2, 0) is 9.59 Å². The van der Waals surface area contributed by atoms with Gasteiger partial charge in [0.1, 0.15) is 12.6 Å². The summed E-state index contributed by atoms with van der Waals surface area (Å²) in [6.07, 6.45) is 0.688. The number of nitrogens with one attached hydrogen (secondary N) is 1. The van der Waals surface area contributed by atoms with E-state index in [2.05, 4.69) is 5.32 Å². The van der Waals surface area contributed by atoms with Crippen molar-refractivity contribution in [3.8, 4) is 0 Å². The molecule has 0 aliphatic rings. The Hall–Kier alpha value is -1.79. The largest absolute Gasteiger partial charge is 0.480 e. The molecule has 0 rings (SSSR count). The molecule has 0 saturated heterocycles. The Morgan fingerprint density at radius 3 is 2.10 bits per heavy atom. The van der Waals surface area contributed by atoms with Crippen molar-refractivity contribution in [2.45, 2.75) is 33.2 Å². The highest BCUT2D eigenvalue weighted by Gasteiger charge is 2.26. The number of carboxylic acid groups (broad SMARTS) is 1. The lowest BCUT2D eigenvalue weighted by Gasteiger charge is -2.26. The third-order valence-electron chi connectivity index (χ3n) is 2.82. The zero-order chi connectivity index (χ0) is 15.9. The molecule has 0 aromatic rings. The number of carbonyl (C=O) groups is 3. The van der Waals surface area contributed by atoms with E-state index in [4.69, 9.17) is 5.11 Å². The number of likely N-dealkylation sites (N-methyl/N-ethyl adjacent to an activating group) is 1. The van der Waals surface area contributed by atoms with Gasteiger partial charge in [-0.3, -0.25) is 4.79 Å². The van der Waals surface area contributed by atoms with Gasteiger partial charge in [0.15, 0.2) is 0 Å². The van der Waals surface area contributed by atoms with Crippen LogP contribution in [0.15, 0.2) is 0 Å². The molecule has 0 aromatic heterocycles. The summed E-state index contributed by atoms with van der Waals surface area (Å²) in [5, 5.41) is 11.5. The minimum absolute atomic E-state index is 0.0584. The van der Waals surface area contributed by atoms with E-state index < -0.39 is 18.0 Å². The molecule has 3 amide bonds. The lowest BCUT2D eigenvalue weighted by molar-refractivity contribution is -0.140. The highest BCUT2D eigenvalue weighted by Crippen LogP contribution is 2.04. The first-order chi connectivity index (χ1) is 9.20. The number of carboxylic acids is 1. The van der Waals surface area contributed by atoms with Crippen LogP contribution in [0.3, 0.4) is 0 Å². The van der Waals surface area contributed by atoms with Gasteiger partial charge in [0, 0.05) is 20.6 Å². The van der Waals surface area contributed by atoms with Gasteiger partial charge < -0.3 is 20.2 Å². The lowest BCUT2D eigenvalue weighted by Crippen LogP contribution is -2.52. The van der Waals surface area contributed by atoms with Crippen molar-refractivity contribution in [2.24, 2.45) is 5.92 Å². The minimum Gasteiger partial charge on any atom is -0.480 e. The maximum atomic E-state index is 12.1. The summed E-state index contributed by atoms with van der Waals surface area (Å²) < 4.78 is 0. The van der Waals surface area contributed by atoms with Gasteiger partial charge in [0.25, 0.3) is 0 Å².